The molecule has 0 bridgehead atoms. The molecule has 0 spiro atoms. The summed E-state index contributed by atoms with van der Waals surface area (Å²) in [7, 11) is -3.11. The number of benzene rings is 11. The summed E-state index contributed by atoms with van der Waals surface area (Å²) in [5.41, 5.74) is 16.1. The van der Waals surface area contributed by atoms with Crippen molar-refractivity contribution in [2.45, 2.75) is 0 Å². The van der Waals surface area contributed by atoms with Gasteiger partial charge < -0.3 is 4.57 Å². The van der Waals surface area contributed by atoms with E-state index in [1.54, 1.807) is 0 Å². The molecule has 0 saturated carbocycles. The van der Waals surface area contributed by atoms with E-state index < -0.39 is 8.07 Å². The lowest BCUT2D eigenvalue weighted by atomic mass is 9.96. The van der Waals surface area contributed by atoms with Gasteiger partial charge in [0.25, 0.3) is 0 Å². The van der Waals surface area contributed by atoms with Gasteiger partial charge in [-0.15, -0.1) is 0 Å². The van der Waals surface area contributed by atoms with Crippen LogP contribution >= 0.6 is 0 Å². The van der Waals surface area contributed by atoms with Crippen LogP contribution < -0.4 is 20.7 Å². The van der Waals surface area contributed by atoms with E-state index in [1.165, 1.54) is 87.1 Å². The molecule has 11 aromatic carbocycles. The zero-order chi connectivity index (χ0) is 49.0. The Hall–Kier alpha value is -9.55. The maximum atomic E-state index is 5.15. The van der Waals surface area contributed by atoms with Crippen molar-refractivity contribution in [1.82, 2.24) is 19.5 Å². The first-order valence-electron chi connectivity index (χ1n) is 25.3. The number of nitrogens with zero attached hydrogens (tertiary/aromatic N) is 4. The molecule has 1 aliphatic heterocycles. The van der Waals surface area contributed by atoms with Gasteiger partial charge in [-0.3, -0.25) is 0 Å². The predicted octanol–water partition coefficient (Wildman–Crippen LogP) is 14.3. The van der Waals surface area contributed by atoms with Gasteiger partial charge in [0.1, 0.15) is 0 Å². The highest BCUT2D eigenvalue weighted by molar-refractivity contribution is 7.22. The number of para-hydroxylation sites is 1. The topological polar surface area (TPSA) is 43.6 Å². The third-order valence-electron chi connectivity index (χ3n) is 14.9. The monoisotopic (exact) mass is 958 g/mol. The Balaban J connectivity index is 1.01. The lowest BCUT2D eigenvalue weighted by Gasteiger charge is -2.32. The van der Waals surface area contributed by atoms with E-state index in [9.17, 15) is 0 Å². The maximum Gasteiger partial charge on any atom is 0.180 e. The fourth-order valence-electron chi connectivity index (χ4n) is 11.5. The summed E-state index contributed by atoms with van der Waals surface area (Å²) in [4.78, 5) is 15.3. The van der Waals surface area contributed by atoms with E-state index in [2.05, 4.69) is 247 Å². The van der Waals surface area contributed by atoms with Crippen molar-refractivity contribution in [3.05, 3.63) is 279 Å². The molecular formula is C69H46N4Si. The molecule has 0 aliphatic carbocycles. The molecule has 0 amide bonds. The molecule has 2 aromatic heterocycles. The Labute approximate surface area is 431 Å². The highest BCUT2D eigenvalue weighted by Crippen LogP contribution is 2.38. The van der Waals surface area contributed by atoms with Crippen molar-refractivity contribution in [3.63, 3.8) is 0 Å². The number of aromatic nitrogens is 4. The Morgan fingerprint density at radius 3 is 1.16 bits per heavy atom. The van der Waals surface area contributed by atoms with Crippen LogP contribution in [0, 0.1) is 0 Å². The average Bonchev–Trinajstić information content (AvgIpc) is 4.06. The quantitative estimate of drug-likeness (QED) is 0.135. The van der Waals surface area contributed by atoms with Gasteiger partial charge in [0, 0.05) is 33.2 Å². The van der Waals surface area contributed by atoms with Crippen LogP contribution in [0.4, 0.5) is 0 Å². The minimum atomic E-state index is -3.11. The first kappa shape index (κ1) is 43.3. The molecule has 0 N–H and O–H groups in total. The summed E-state index contributed by atoms with van der Waals surface area (Å²) >= 11 is 0. The third kappa shape index (κ3) is 7.24. The van der Waals surface area contributed by atoms with Crippen molar-refractivity contribution < 1.29 is 0 Å². The minimum absolute atomic E-state index is 0.637. The lowest BCUT2D eigenvalue weighted by molar-refractivity contribution is 1.07. The van der Waals surface area contributed by atoms with Crippen LogP contribution in [0.5, 0.6) is 0 Å². The first-order valence-corrected chi connectivity index (χ1v) is 27.3. The van der Waals surface area contributed by atoms with Gasteiger partial charge in [-0.2, -0.15) is 0 Å². The van der Waals surface area contributed by atoms with Crippen LogP contribution in [0.3, 0.4) is 0 Å². The zero-order valence-corrected chi connectivity index (χ0v) is 41.3. The summed E-state index contributed by atoms with van der Waals surface area (Å²) < 4.78 is 2.45. The van der Waals surface area contributed by atoms with Crippen LogP contribution in [0.1, 0.15) is 0 Å². The molecule has 1 aliphatic rings. The molecule has 0 radical (unpaired) electrons. The van der Waals surface area contributed by atoms with Gasteiger partial charge in [0.15, 0.2) is 25.5 Å². The average molecular weight is 959 g/mol. The normalized spacial score (nSPS) is 12.4. The van der Waals surface area contributed by atoms with Crippen LogP contribution in [-0.2, 0) is 0 Å². The highest BCUT2D eigenvalue weighted by atomic mass is 28.3. The fourth-order valence-corrected chi connectivity index (χ4v) is 16.6. The molecule has 3 heterocycles. The number of rotatable bonds is 9. The molecular weight excluding hydrogens is 913 g/mol. The van der Waals surface area contributed by atoms with Gasteiger partial charge in [-0.1, -0.05) is 243 Å². The molecule has 5 heteroatoms. The number of fused-ring (bicyclic) bond motifs is 6. The Morgan fingerprint density at radius 1 is 0.257 bits per heavy atom. The third-order valence-corrected chi connectivity index (χ3v) is 19.8. The Kier molecular flexibility index (Phi) is 10.5. The fraction of sp³-hybridized carbons (Fsp3) is 0. The van der Waals surface area contributed by atoms with E-state index in [-0.39, 0.29) is 0 Å². The maximum absolute atomic E-state index is 5.15. The van der Waals surface area contributed by atoms with Crippen molar-refractivity contribution in [2.75, 3.05) is 0 Å². The smallest absolute Gasteiger partial charge is 0.180 e. The van der Waals surface area contributed by atoms with Gasteiger partial charge in [0.05, 0.1) is 11.0 Å². The van der Waals surface area contributed by atoms with E-state index in [0.717, 1.165) is 22.4 Å². The molecule has 0 atom stereocenters. The number of hydrogen-bond donors (Lipinski definition) is 0. The second-order valence-corrected chi connectivity index (χ2v) is 22.9. The summed E-state index contributed by atoms with van der Waals surface area (Å²) in [5.74, 6) is 1.93. The highest BCUT2D eigenvalue weighted by Gasteiger charge is 2.49. The standard InChI is InChI=1S/C69H46N4Si/c1-6-19-47(20-7-1)53-29-18-30-56(43-53)73-63-32-17-16-31-59(63)60-46-58(39-40-64(60)73)74(57-37-33-52(34-38-57)69-71-67(50-25-12-4-13-26-50)70-68(72-69)51-27-14-5-15-28-51)65-41-35-54(48-21-8-2-9-22-48)44-61(65)62-45-55(36-42-66(62)74)49-23-10-3-11-24-49/h1-46H. The van der Waals surface area contributed by atoms with E-state index in [0.29, 0.717) is 17.5 Å². The van der Waals surface area contributed by atoms with Crippen molar-refractivity contribution in [2.24, 2.45) is 0 Å². The first-order chi connectivity index (χ1) is 36.7. The summed E-state index contributed by atoms with van der Waals surface area (Å²) in [6.45, 7) is 0. The Morgan fingerprint density at radius 2 is 0.649 bits per heavy atom. The van der Waals surface area contributed by atoms with E-state index in [1.807, 2.05) is 36.4 Å². The van der Waals surface area contributed by atoms with Crippen molar-refractivity contribution >= 4 is 50.6 Å². The molecule has 13 aromatic rings. The lowest BCUT2D eigenvalue weighted by Crippen LogP contribution is -2.72. The molecule has 346 valence electrons. The second-order valence-electron chi connectivity index (χ2n) is 19.1. The van der Waals surface area contributed by atoms with Crippen molar-refractivity contribution in [3.8, 4) is 84.4 Å². The zero-order valence-electron chi connectivity index (χ0n) is 40.3. The molecule has 4 nitrogen and oxygen atoms in total. The van der Waals surface area contributed by atoms with Crippen molar-refractivity contribution in [1.29, 1.82) is 0 Å². The summed E-state index contributed by atoms with van der Waals surface area (Å²) in [5, 5.41) is 7.83. The molecule has 0 unspecified atom stereocenters. The summed E-state index contributed by atoms with van der Waals surface area (Å²) in [6.07, 6.45) is 0. The molecule has 14 rings (SSSR count). The van der Waals surface area contributed by atoms with Gasteiger partial charge in [0.2, 0.25) is 0 Å². The van der Waals surface area contributed by atoms with Gasteiger partial charge in [-0.25, -0.2) is 15.0 Å². The SMILES string of the molecule is c1ccc(-c2cccc(-n3c4ccccc4c4cc([Si]5(c6ccc(-c7nc(-c8ccccc8)nc(-c8ccccc8)n7)cc6)c6ccc(-c7ccccc7)cc6-c6cc(-c7ccccc7)ccc65)ccc43)c2)cc1. The predicted molar refractivity (Wildman–Crippen MR) is 309 cm³/mol. The molecule has 0 saturated heterocycles. The van der Waals surface area contributed by atoms with E-state index in [4.69, 9.17) is 15.0 Å². The minimum Gasteiger partial charge on any atom is -0.309 e. The number of hydrogen-bond acceptors (Lipinski definition) is 3. The van der Waals surface area contributed by atoms with Gasteiger partial charge in [-0.05, 0) is 102 Å². The molecule has 0 fully saturated rings. The summed E-state index contributed by atoms with van der Waals surface area (Å²) in [6, 6.07) is 102. The van der Waals surface area contributed by atoms with Crippen LogP contribution in [-0.4, -0.2) is 27.6 Å². The second kappa shape index (κ2) is 17.9. The van der Waals surface area contributed by atoms with E-state index >= 15 is 0 Å². The van der Waals surface area contributed by atoms with Crippen LogP contribution in [0.2, 0.25) is 0 Å². The van der Waals surface area contributed by atoms with Gasteiger partial charge >= 0.3 is 0 Å². The van der Waals surface area contributed by atoms with Crippen LogP contribution in [0.25, 0.3) is 106 Å². The Bertz CT molecular complexity index is 4070. The largest absolute Gasteiger partial charge is 0.309 e. The molecule has 74 heavy (non-hydrogen) atoms. The van der Waals surface area contributed by atoms with Crippen LogP contribution in [0.15, 0.2) is 279 Å².